The molecular weight excluding hydrogens is 257 g/mol. The molecule has 0 saturated carbocycles. The molecule has 106 valence electrons. The average Bonchev–Trinajstić information content (AvgIpc) is 2.29. The molecule has 0 aliphatic heterocycles. The van der Waals surface area contributed by atoms with Crippen molar-refractivity contribution in [1.29, 1.82) is 0 Å². The second-order valence-electron chi connectivity index (χ2n) is 4.45. The van der Waals surface area contributed by atoms with Crippen molar-refractivity contribution in [2.75, 3.05) is 19.6 Å². The molecule has 0 bridgehead atoms. The fraction of sp³-hybridized carbons (Fsp3) is 0.462. The summed E-state index contributed by atoms with van der Waals surface area (Å²) in [5.41, 5.74) is 7.04. The predicted molar refractivity (Wildman–Crippen MR) is 66.9 cm³/mol. The Kier molecular flexibility index (Phi) is 4.94. The van der Waals surface area contributed by atoms with Crippen molar-refractivity contribution in [3.8, 4) is 0 Å². The van der Waals surface area contributed by atoms with E-state index in [0.29, 0.717) is 5.56 Å². The number of hydrogen-bond donors (Lipinski definition) is 1. The first kappa shape index (κ1) is 15.5. The van der Waals surface area contributed by atoms with Crippen molar-refractivity contribution >= 4 is 5.91 Å². The Labute approximate surface area is 110 Å². The van der Waals surface area contributed by atoms with Crippen LogP contribution in [0.1, 0.15) is 21.5 Å². The molecule has 0 spiro atoms. The summed E-state index contributed by atoms with van der Waals surface area (Å²) in [6, 6.07) is 5.12. The fourth-order valence-corrected chi connectivity index (χ4v) is 1.76. The van der Waals surface area contributed by atoms with Crippen LogP contribution in [-0.4, -0.2) is 36.6 Å². The highest BCUT2D eigenvalue weighted by Crippen LogP contribution is 2.19. The highest BCUT2D eigenvalue weighted by Gasteiger charge is 2.33. The third-order valence-corrected chi connectivity index (χ3v) is 2.68. The summed E-state index contributed by atoms with van der Waals surface area (Å²) in [7, 11) is 0. The third-order valence-electron chi connectivity index (χ3n) is 2.68. The van der Waals surface area contributed by atoms with Gasteiger partial charge in [0.1, 0.15) is 6.54 Å². The van der Waals surface area contributed by atoms with Gasteiger partial charge >= 0.3 is 6.18 Å². The molecule has 0 aliphatic rings. The van der Waals surface area contributed by atoms with Crippen molar-refractivity contribution < 1.29 is 18.0 Å². The smallest absolute Gasteiger partial charge is 0.329 e. The maximum absolute atomic E-state index is 12.5. The summed E-state index contributed by atoms with van der Waals surface area (Å²) >= 11 is 0. The number of carbonyl (C=O) groups is 1. The summed E-state index contributed by atoms with van der Waals surface area (Å²) < 4.78 is 37.4. The molecule has 0 aliphatic carbocycles. The van der Waals surface area contributed by atoms with E-state index in [1.807, 2.05) is 6.07 Å². The number of nitrogens with two attached hydrogens (primary N) is 1. The first-order valence-corrected chi connectivity index (χ1v) is 5.88. The van der Waals surface area contributed by atoms with Crippen LogP contribution in [0.25, 0.3) is 0 Å². The summed E-state index contributed by atoms with van der Waals surface area (Å²) in [6.45, 7) is 2.07. The summed E-state index contributed by atoms with van der Waals surface area (Å²) in [5, 5.41) is 0. The number of halogens is 3. The summed E-state index contributed by atoms with van der Waals surface area (Å²) in [4.78, 5) is 12.9. The first-order chi connectivity index (χ1) is 8.74. The molecule has 1 aromatic carbocycles. The second-order valence-corrected chi connectivity index (χ2v) is 4.45. The van der Waals surface area contributed by atoms with Crippen LogP contribution in [0.5, 0.6) is 0 Å². The van der Waals surface area contributed by atoms with Crippen molar-refractivity contribution in [3.05, 3.63) is 34.9 Å². The lowest BCUT2D eigenvalue weighted by atomic mass is 10.0. The molecule has 1 amide bonds. The normalized spacial score (nSPS) is 11.5. The number of alkyl halides is 3. The molecule has 6 heteroatoms. The van der Waals surface area contributed by atoms with E-state index in [9.17, 15) is 18.0 Å². The van der Waals surface area contributed by atoms with Crippen LogP contribution < -0.4 is 5.73 Å². The Morgan fingerprint density at radius 1 is 1.32 bits per heavy atom. The quantitative estimate of drug-likeness (QED) is 0.915. The highest BCUT2D eigenvalue weighted by atomic mass is 19.4. The van der Waals surface area contributed by atoms with Gasteiger partial charge in [-0.15, -0.1) is 0 Å². The van der Waals surface area contributed by atoms with Crippen molar-refractivity contribution in [3.63, 3.8) is 0 Å². The molecule has 2 N–H and O–H groups in total. The minimum Gasteiger partial charge on any atom is -0.329 e. The SMILES string of the molecule is Cc1ccc(C)c(C(=O)N(CCN)CC(F)(F)F)c1. The van der Waals surface area contributed by atoms with E-state index in [0.717, 1.165) is 10.5 Å². The molecule has 0 aromatic heterocycles. The predicted octanol–water partition coefficient (Wildman–Crippen LogP) is 2.27. The lowest BCUT2D eigenvalue weighted by molar-refractivity contribution is -0.140. The van der Waals surface area contributed by atoms with Crippen molar-refractivity contribution in [2.45, 2.75) is 20.0 Å². The molecule has 0 radical (unpaired) electrons. The third kappa shape index (κ3) is 4.55. The van der Waals surface area contributed by atoms with Gasteiger partial charge in [-0.2, -0.15) is 13.2 Å². The van der Waals surface area contributed by atoms with Gasteiger partial charge in [0, 0.05) is 18.7 Å². The number of benzene rings is 1. The zero-order valence-electron chi connectivity index (χ0n) is 10.9. The maximum atomic E-state index is 12.5. The van der Waals surface area contributed by atoms with Gasteiger partial charge in [0.15, 0.2) is 0 Å². The van der Waals surface area contributed by atoms with E-state index in [1.54, 1.807) is 26.0 Å². The molecule has 19 heavy (non-hydrogen) atoms. The van der Waals surface area contributed by atoms with E-state index in [-0.39, 0.29) is 18.7 Å². The van der Waals surface area contributed by atoms with Crippen LogP contribution >= 0.6 is 0 Å². The first-order valence-electron chi connectivity index (χ1n) is 5.88. The van der Waals surface area contributed by atoms with E-state index < -0.39 is 18.6 Å². The van der Waals surface area contributed by atoms with Gasteiger partial charge in [0.2, 0.25) is 0 Å². The maximum Gasteiger partial charge on any atom is 0.406 e. The summed E-state index contributed by atoms with van der Waals surface area (Å²) in [6.07, 6.45) is -4.43. The molecule has 0 fully saturated rings. The minimum atomic E-state index is -4.43. The van der Waals surface area contributed by atoms with E-state index in [2.05, 4.69) is 0 Å². The number of amides is 1. The number of nitrogens with zero attached hydrogens (tertiary/aromatic N) is 1. The Balaban J connectivity index is 3.02. The minimum absolute atomic E-state index is 0.00726. The van der Waals surface area contributed by atoms with Gasteiger partial charge in [-0.05, 0) is 25.5 Å². The molecule has 1 rings (SSSR count). The number of carbonyl (C=O) groups excluding carboxylic acids is 1. The lowest BCUT2D eigenvalue weighted by Gasteiger charge is -2.24. The van der Waals surface area contributed by atoms with Crippen LogP contribution in [-0.2, 0) is 0 Å². The number of rotatable bonds is 4. The molecule has 0 unspecified atom stereocenters. The molecule has 0 atom stereocenters. The van der Waals surface area contributed by atoms with Gasteiger partial charge in [-0.3, -0.25) is 4.79 Å². The molecule has 3 nitrogen and oxygen atoms in total. The largest absolute Gasteiger partial charge is 0.406 e. The van der Waals surface area contributed by atoms with Crippen LogP contribution in [0, 0.1) is 13.8 Å². The Hall–Kier alpha value is -1.56. The van der Waals surface area contributed by atoms with Crippen LogP contribution in [0.4, 0.5) is 13.2 Å². The Morgan fingerprint density at radius 3 is 2.47 bits per heavy atom. The van der Waals surface area contributed by atoms with Crippen LogP contribution in [0.15, 0.2) is 18.2 Å². The van der Waals surface area contributed by atoms with Crippen LogP contribution in [0.3, 0.4) is 0 Å². The zero-order valence-corrected chi connectivity index (χ0v) is 10.9. The number of hydrogen-bond acceptors (Lipinski definition) is 2. The molecular formula is C13H17F3N2O. The number of aryl methyl sites for hydroxylation is 2. The van der Waals surface area contributed by atoms with E-state index in [1.165, 1.54) is 0 Å². The second kappa shape index (κ2) is 6.06. The molecule has 1 aromatic rings. The van der Waals surface area contributed by atoms with Crippen molar-refractivity contribution in [1.82, 2.24) is 4.90 Å². The standard InChI is InChI=1S/C13H17F3N2O/c1-9-3-4-10(2)11(7-9)12(19)18(6-5-17)8-13(14,15)16/h3-4,7H,5-6,8,17H2,1-2H3. The Morgan fingerprint density at radius 2 is 1.95 bits per heavy atom. The summed E-state index contributed by atoms with van der Waals surface area (Å²) in [5.74, 6) is -0.635. The monoisotopic (exact) mass is 274 g/mol. The van der Waals surface area contributed by atoms with E-state index in [4.69, 9.17) is 5.73 Å². The van der Waals surface area contributed by atoms with Gasteiger partial charge in [-0.1, -0.05) is 17.7 Å². The van der Waals surface area contributed by atoms with Gasteiger partial charge in [-0.25, -0.2) is 0 Å². The molecule has 0 saturated heterocycles. The van der Waals surface area contributed by atoms with Gasteiger partial charge in [0.05, 0.1) is 0 Å². The van der Waals surface area contributed by atoms with Crippen molar-refractivity contribution in [2.24, 2.45) is 5.73 Å². The topological polar surface area (TPSA) is 46.3 Å². The zero-order chi connectivity index (χ0) is 14.6. The lowest BCUT2D eigenvalue weighted by Crippen LogP contribution is -2.42. The van der Waals surface area contributed by atoms with Gasteiger partial charge in [0.25, 0.3) is 5.91 Å². The fourth-order valence-electron chi connectivity index (χ4n) is 1.76. The highest BCUT2D eigenvalue weighted by molar-refractivity contribution is 5.95. The molecule has 0 heterocycles. The van der Waals surface area contributed by atoms with Crippen LogP contribution in [0.2, 0.25) is 0 Å². The average molecular weight is 274 g/mol. The van der Waals surface area contributed by atoms with E-state index >= 15 is 0 Å². The Bertz CT molecular complexity index is 458. The van der Waals surface area contributed by atoms with Gasteiger partial charge < -0.3 is 10.6 Å².